The normalized spacial score (nSPS) is 11.2. The second kappa shape index (κ2) is 5.78. The van der Waals surface area contributed by atoms with Gasteiger partial charge in [0, 0.05) is 11.1 Å². The van der Waals surface area contributed by atoms with Gasteiger partial charge in [0.05, 0.1) is 11.4 Å². The summed E-state index contributed by atoms with van der Waals surface area (Å²) in [7, 11) is -3.82. The van der Waals surface area contributed by atoms with Crippen LogP contribution < -0.4 is 4.72 Å². The van der Waals surface area contributed by atoms with E-state index in [0.29, 0.717) is 4.88 Å². The number of hydrogen-bond donors (Lipinski definition) is 2. The van der Waals surface area contributed by atoms with E-state index in [4.69, 9.17) is 16.7 Å². The van der Waals surface area contributed by atoms with Crippen LogP contribution >= 0.6 is 22.9 Å². The highest BCUT2D eigenvalue weighted by molar-refractivity contribution is 7.94. The fraction of sp³-hybridized carbons (Fsp3) is 0.0909. The third kappa shape index (κ3) is 3.47. The molecule has 0 aliphatic rings. The van der Waals surface area contributed by atoms with E-state index in [1.54, 1.807) is 6.07 Å². The summed E-state index contributed by atoms with van der Waals surface area (Å²) in [6, 6.07) is 5.91. The van der Waals surface area contributed by atoms with Crippen LogP contribution in [0.2, 0.25) is 5.02 Å². The molecule has 0 aliphatic carbocycles. The zero-order valence-corrected chi connectivity index (χ0v) is 12.3. The number of rotatable bonds is 5. The molecule has 2 aromatic rings. The summed E-state index contributed by atoms with van der Waals surface area (Å²) in [6.45, 7) is 0. The molecule has 6 nitrogen and oxygen atoms in total. The van der Waals surface area contributed by atoms with E-state index in [0.717, 1.165) is 11.3 Å². The number of pyridine rings is 1. The second-order valence-corrected chi connectivity index (χ2v) is 7.22. The average Bonchev–Trinajstić information content (AvgIpc) is 2.80. The maximum Gasteiger partial charge on any atom is 0.308 e. The highest BCUT2D eigenvalue weighted by Crippen LogP contribution is 2.26. The van der Waals surface area contributed by atoms with Crippen LogP contribution in [-0.4, -0.2) is 24.5 Å². The molecule has 0 unspecified atom stereocenters. The molecule has 2 heterocycles. The van der Waals surface area contributed by atoms with Gasteiger partial charge in [0.1, 0.15) is 4.21 Å². The van der Waals surface area contributed by atoms with E-state index in [-0.39, 0.29) is 21.5 Å². The zero-order chi connectivity index (χ0) is 14.8. The number of aromatic nitrogens is 1. The fourth-order valence-corrected chi connectivity index (χ4v) is 3.99. The van der Waals surface area contributed by atoms with Crippen LogP contribution in [0.15, 0.2) is 34.7 Å². The van der Waals surface area contributed by atoms with Crippen LogP contribution in [0.3, 0.4) is 0 Å². The first-order valence-electron chi connectivity index (χ1n) is 5.32. The van der Waals surface area contributed by atoms with Gasteiger partial charge < -0.3 is 5.11 Å². The van der Waals surface area contributed by atoms with Crippen LogP contribution in [-0.2, 0) is 21.2 Å². The number of carbonyl (C=O) groups is 1. The van der Waals surface area contributed by atoms with Gasteiger partial charge in [-0.05, 0) is 24.3 Å². The molecule has 9 heteroatoms. The van der Waals surface area contributed by atoms with Crippen LogP contribution in [0, 0.1) is 0 Å². The quantitative estimate of drug-likeness (QED) is 0.875. The molecule has 0 aliphatic heterocycles. The van der Waals surface area contributed by atoms with Crippen molar-refractivity contribution in [2.24, 2.45) is 0 Å². The number of nitrogens with one attached hydrogen (secondary N) is 1. The first-order chi connectivity index (χ1) is 9.38. The maximum absolute atomic E-state index is 12.1. The Bertz CT molecular complexity index is 742. The highest BCUT2D eigenvalue weighted by Gasteiger charge is 2.19. The standard InChI is InChI=1S/C11H9ClN2O4S2/c12-8-2-1-5-13-11(8)14-20(17,18)10-4-3-7(19-10)6-9(15)16/h1-5H,6H2,(H,13,14)(H,15,16). The summed E-state index contributed by atoms with van der Waals surface area (Å²) in [5.74, 6) is -0.987. The minimum absolute atomic E-state index is 0.00969. The van der Waals surface area contributed by atoms with Crippen molar-refractivity contribution in [1.82, 2.24) is 4.98 Å². The van der Waals surface area contributed by atoms with Gasteiger partial charge in [-0.3, -0.25) is 9.52 Å². The highest BCUT2D eigenvalue weighted by atomic mass is 35.5. The summed E-state index contributed by atoms with van der Waals surface area (Å²) >= 11 is 6.72. The Hall–Kier alpha value is -1.64. The Kier molecular flexibility index (Phi) is 4.26. The largest absolute Gasteiger partial charge is 0.481 e. The minimum atomic E-state index is -3.82. The van der Waals surface area contributed by atoms with Crippen LogP contribution in [0.4, 0.5) is 5.82 Å². The number of thiophene rings is 1. The van der Waals surface area contributed by atoms with Gasteiger partial charge >= 0.3 is 5.97 Å². The van der Waals surface area contributed by atoms with E-state index in [2.05, 4.69) is 9.71 Å². The van der Waals surface area contributed by atoms with Gasteiger partial charge in [0.2, 0.25) is 0 Å². The molecule has 20 heavy (non-hydrogen) atoms. The van der Waals surface area contributed by atoms with Gasteiger partial charge in [-0.2, -0.15) is 0 Å². The molecular weight excluding hydrogens is 324 g/mol. The Balaban J connectivity index is 2.25. The SMILES string of the molecule is O=C(O)Cc1ccc(S(=O)(=O)Nc2ncccc2Cl)s1. The van der Waals surface area contributed by atoms with Gasteiger partial charge in [-0.25, -0.2) is 13.4 Å². The number of carboxylic acids is 1. The van der Waals surface area contributed by atoms with Crippen LogP contribution in [0.5, 0.6) is 0 Å². The van der Waals surface area contributed by atoms with Gasteiger partial charge in [-0.1, -0.05) is 11.6 Å². The minimum Gasteiger partial charge on any atom is -0.481 e. The molecule has 0 spiro atoms. The number of sulfonamides is 1. The monoisotopic (exact) mass is 332 g/mol. The van der Waals surface area contributed by atoms with E-state index < -0.39 is 16.0 Å². The summed E-state index contributed by atoms with van der Waals surface area (Å²) in [5.41, 5.74) is 0. The summed E-state index contributed by atoms with van der Waals surface area (Å²) in [4.78, 5) is 14.9. The number of nitrogens with zero attached hydrogens (tertiary/aromatic N) is 1. The van der Waals surface area contributed by atoms with E-state index in [1.165, 1.54) is 24.4 Å². The first-order valence-corrected chi connectivity index (χ1v) is 8.00. The lowest BCUT2D eigenvalue weighted by atomic mass is 10.3. The molecule has 2 rings (SSSR count). The van der Waals surface area contributed by atoms with Crippen molar-refractivity contribution in [3.8, 4) is 0 Å². The summed E-state index contributed by atoms with van der Waals surface area (Å²) in [5, 5.41) is 8.84. The molecule has 0 aromatic carbocycles. The van der Waals surface area contributed by atoms with E-state index in [1.807, 2.05) is 0 Å². The Morgan fingerprint density at radius 2 is 2.15 bits per heavy atom. The lowest BCUT2D eigenvalue weighted by Gasteiger charge is -2.06. The molecular formula is C11H9ClN2O4S2. The Morgan fingerprint density at radius 1 is 1.40 bits per heavy atom. The predicted octanol–water partition coefficient (Wildman–Crippen LogP) is 2.22. The average molecular weight is 333 g/mol. The molecule has 0 bridgehead atoms. The molecule has 106 valence electrons. The van der Waals surface area contributed by atoms with Crippen molar-refractivity contribution in [1.29, 1.82) is 0 Å². The zero-order valence-electron chi connectivity index (χ0n) is 9.91. The molecule has 2 aromatic heterocycles. The first kappa shape index (κ1) is 14.8. The number of anilines is 1. The number of hydrogen-bond acceptors (Lipinski definition) is 5. The van der Waals surface area contributed by atoms with E-state index in [9.17, 15) is 13.2 Å². The lowest BCUT2D eigenvalue weighted by molar-refractivity contribution is -0.136. The van der Waals surface area contributed by atoms with Gasteiger partial charge in [0.15, 0.2) is 5.82 Å². The van der Waals surface area contributed by atoms with Crippen molar-refractivity contribution in [3.05, 3.63) is 40.4 Å². The number of aliphatic carboxylic acids is 1. The van der Waals surface area contributed by atoms with Crippen molar-refractivity contribution < 1.29 is 18.3 Å². The Labute approximate surface area is 124 Å². The fourth-order valence-electron chi connectivity index (χ4n) is 1.39. The van der Waals surface area contributed by atoms with Crippen molar-refractivity contribution in [2.75, 3.05) is 4.72 Å². The molecule has 0 radical (unpaired) electrons. The van der Waals surface area contributed by atoms with Crippen molar-refractivity contribution >= 4 is 44.7 Å². The van der Waals surface area contributed by atoms with Crippen molar-refractivity contribution in [3.63, 3.8) is 0 Å². The van der Waals surface area contributed by atoms with Gasteiger partial charge in [0.25, 0.3) is 10.0 Å². The molecule has 0 fully saturated rings. The topological polar surface area (TPSA) is 96.4 Å². The molecule has 0 saturated heterocycles. The van der Waals surface area contributed by atoms with Crippen LogP contribution in [0.1, 0.15) is 4.88 Å². The molecule has 0 atom stereocenters. The lowest BCUT2D eigenvalue weighted by Crippen LogP contribution is -2.12. The van der Waals surface area contributed by atoms with Crippen LogP contribution in [0.25, 0.3) is 0 Å². The predicted molar refractivity (Wildman–Crippen MR) is 75.7 cm³/mol. The van der Waals surface area contributed by atoms with E-state index >= 15 is 0 Å². The summed E-state index contributed by atoms with van der Waals surface area (Å²) < 4.78 is 26.5. The molecule has 0 saturated carbocycles. The molecule has 2 N–H and O–H groups in total. The molecule has 0 amide bonds. The Morgan fingerprint density at radius 3 is 2.80 bits per heavy atom. The number of halogens is 1. The second-order valence-electron chi connectivity index (χ2n) is 3.73. The maximum atomic E-state index is 12.1. The van der Waals surface area contributed by atoms with Crippen molar-refractivity contribution in [2.45, 2.75) is 10.6 Å². The van der Waals surface area contributed by atoms with Gasteiger partial charge in [-0.15, -0.1) is 11.3 Å². The number of carboxylic acid groups (broad SMARTS) is 1. The third-order valence-electron chi connectivity index (χ3n) is 2.22. The third-order valence-corrected chi connectivity index (χ3v) is 5.44. The summed E-state index contributed by atoms with van der Waals surface area (Å²) in [6.07, 6.45) is 1.19. The smallest absolute Gasteiger partial charge is 0.308 e.